The van der Waals surface area contributed by atoms with Gasteiger partial charge in [-0.3, -0.25) is 4.79 Å². The van der Waals surface area contributed by atoms with E-state index < -0.39 is 18.1 Å². The molecule has 3 aliphatic rings. The number of nitrogens with one attached hydrogen (secondary N) is 2. The molecule has 6 heteroatoms. The fraction of sp³-hybridized carbons (Fsp3) is 0.588. The molecule has 124 valence electrons. The molecule has 1 amide bonds. The van der Waals surface area contributed by atoms with Gasteiger partial charge in [0.25, 0.3) is 5.91 Å². The molecule has 0 saturated carbocycles. The van der Waals surface area contributed by atoms with Crippen LogP contribution in [0.25, 0.3) is 0 Å². The number of fused-ring (bicyclic) bond motifs is 1. The first-order valence-corrected chi connectivity index (χ1v) is 8.25. The molecule has 6 nitrogen and oxygen atoms in total. The zero-order valence-electron chi connectivity index (χ0n) is 13.0. The average Bonchev–Trinajstić information content (AvgIpc) is 2.97. The number of carbonyl (C=O) groups excluding carboxylic acids is 1. The van der Waals surface area contributed by atoms with Crippen LogP contribution in [0.1, 0.15) is 17.5 Å². The van der Waals surface area contributed by atoms with Gasteiger partial charge in [-0.1, -0.05) is 24.3 Å². The van der Waals surface area contributed by atoms with E-state index in [1.54, 1.807) is 0 Å². The maximum absolute atomic E-state index is 12.2. The Kier molecular flexibility index (Phi) is 4.07. The average molecular weight is 318 g/mol. The van der Waals surface area contributed by atoms with Crippen LogP contribution in [0.4, 0.5) is 0 Å². The number of hydrogen-bond acceptors (Lipinski definition) is 5. The van der Waals surface area contributed by atoms with Crippen LogP contribution in [0.2, 0.25) is 0 Å². The van der Waals surface area contributed by atoms with Gasteiger partial charge in [0.1, 0.15) is 6.10 Å². The van der Waals surface area contributed by atoms with Crippen molar-refractivity contribution in [1.82, 2.24) is 10.6 Å². The largest absolute Gasteiger partial charge is 0.366 e. The number of morpholine rings is 1. The SMILES string of the molecule is O=C(NC1COC2(CCc3ccccc3C2)O1)C1CNCCO1. The van der Waals surface area contributed by atoms with E-state index in [9.17, 15) is 4.79 Å². The van der Waals surface area contributed by atoms with Crippen LogP contribution in [-0.4, -0.2) is 50.3 Å². The molecule has 0 bridgehead atoms. The van der Waals surface area contributed by atoms with Crippen molar-refractivity contribution in [1.29, 1.82) is 0 Å². The molecule has 1 aromatic carbocycles. The minimum atomic E-state index is -0.599. The van der Waals surface area contributed by atoms with Gasteiger partial charge in [-0.05, 0) is 17.5 Å². The molecule has 2 saturated heterocycles. The highest BCUT2D eigenvalue weighted by Gasteiger charge is 2.44. The molecule has 0 radical (unpaired) electrons. The van der Waals surface area contributed by atoms with Crippen LogP contribution in [-0.2, 0) is 31.8 Å². The van der Waals surface area contributed by atoms with Gasteiger partial charge in [0.05, 0.1) is 13.2 Å². The molecule has 3 unspecified atom stereocenters. The van der Waals surface area contributed by atoms with Crippen molar-refractivity contribution >= 4 is 5.91 Å². The number of aryl methyl sites for hydroxylation is 1. The maximum atomic E-state index is 12.2. The lowest BCUT2D eigenvalue weighted by Gasteiger charge is -2.33. The topological polar surface area (TPSA) is 68.8 Å². The number of rotatable bonds is 2. The lowest BCUT2D eigenvalue weighted by Crippen LogP contribution is -2.51. The second-order valence-corrected chi connectivity index (χ2v) is 6.35. The predicted molar refractivity (Wildman–Crippen MR) is 82.8 cm³/mol. The first-order valence-electron chi connectivity index (χ1n) is 8.25. The van der Waals surface area contributed by atoms with Gasteiger partial charge in [0, 0.05) is 25.9 Å². The summed E-state index contributed by atoms with van der Waals surface area (Å²) in [5, 5.41) is 6.04. The van der Waals surface area contributed by atoms with Crippen LogP contribution in [0.15, 0.2) is 24.3 Å². The van der Waals surface area contributed by atoms with Crippen molar-refractivity contribution in [3.8, 4) is 0 Å². The predicted octanol–water partition coefficient (Wildman–Crippen LogP) is 0.349. The van der Waals surface area contributed by atoms with E-state index in [0.29, 0.717) is 19.8 Å². The second-order valence-electron chi connectivity index (χ2n) is 6.35. The molecule has 23 heavy (non-hydrogen) atoms. The molecule has 1 aliphatic carbocycles. The Morgan fingerprint density at radius 3 is 3.00 bits per heavy atom. The molecule has 2 fully saturated rings. The summed E-state index contributed by atoms with van der Waals surface area (Å²) in [4.78, 5) is 12.2. The van der Waals surface area contributed by atoms with Crippen LogP contribution < -0.4 is 10.6 Å². The van der Waals surface area contributed by atoms with Gasteiger partial charge in [-0.15, -0.1) is 0 Å². The summed E-state index contributed by atoms with van der Waals surface area (Å²) in [6, 6.07) is 8.38. The van der Waals surface area contributed by atoms with Crippen LogP contribution in [0.5, 0.6) is 0 Å². The van der Waals surface area contributed by atoms with Crippen molar-refractivity contribution in [2.24, 2.45) is 0 Å². The minimum absolute atomic E-state index is 0.140. The Bertz CT molecular complexity index is 588. The summed E-state index contributed by atoms with van der Waals surface area (Å²) in [6.45, 7) is 2.27. The van der Waals surface area contributed by atoms with E-state index in [-0.39, 0.29) is 5.91 Å². The van der Waals surface area contributed by atoms with Crippen LogP contribution >= 0.6 is 0 Å². The Labute approximate surface area is 135 Å². The summed E-state index contributed by atoms with van der Waals surface area (Å²) in [6.07, 6.45) is 1.63. The minimum Gasteiger partial charge on any atom is -0.366 e. The first kappa shape index (κ1) is 15.1. The number of amides is 1. The van der Waals surface area contributed by atoms with Crippen LogP contribution in [0, 0.1) is 0 Å². The highest BCUT2D eigenvalue weighted by atomic mass is 16.8. The molecule has 2 heterocycles. The smallest absolute Gasteiger partial charge is 0.252 e. The zero-order valence-corrected chi connectivity index (χ0v) is 13.0. The van der Waals surface area contributed by atoms with Crippen molar-refractivity contribution < 1.29 is 19.0 Å². The fourth-order valence-electron chi connectivity index (χ4n) is 3.51. The molecule has 2 aliphatic heterocycles. The number of ether oxygens (including phenoxy) is 3. The third-order valence-corrected chi connectivity index (χ3v) is 4.73. The lowest BCUT2D eigenvalue weighted by molar-refractivity contribution is -0.179. The van der Waals surface area contributed by atoms with Gasteiger partial charge >= 0.3 is 0 Å². The molecular formula is C17H22N2O4. The fourth-order valence-corrected chi connectivity index (χ4v) is 3.51. The van der Waals surface area contributed by atoms with Crippen LogP contribution in [0.3, 0.4) is 0 Å². The number of carbonyl (C=O) groups is 1. The highest BCUT2D eigenvalue weighted by molar-refractivity contribution is 5.81. The van der Waals surface area contributed by atoms with Gasteiger partial charge in [-0.2, -0.15) is 0 Å². The van der Waals surface area contributed by atoms with E-state index in [1.165, 1.54) is 11.1 Å². The van der Waals surface area contributed by atoms with E-state index in [4.69, 9.17) is 14.2 Å². The number of benzene rings is 1. The molecule has 3 atom stereocenters. The Morgan fingerprint density at radius 2 is 2.17 bits per heavy atom. The monoisotopic (exact) mass is 318 g/mol. The van der Waals surface area contributed by atoms with Crippen molar-refractivity contribution in [3.05, 3.63) is 35.4 Å². The maximum Gasteiger partial charge on any atom is 0.252 e. The first-order chi connectivity index (χ1) is 11.2. The van der Waals surface area contributed by atoms with E-state index in [0.717, 1.165) is 25.8 Å². The summed E-state index contributed by atoms with van der Waals surface area (Å²) < 4.78 is 17.5. The molecule has 4 rings (SSSR count). The summed E-state index contributed by atoms with van der Waals surface area (Å²) in [5.74, 6) is -0.739. The van der Waals surface area contributed by atoms with E-state index in [2.05, 4.69) is 28.8 Å². The molecule has 1 spiro atoms. The molecule has 0 aromatic heterocycles. The Hall–Kier alpha value is -1.47. The normalized spacial score (nSPS) is 33.4. The molecular weight excluding hydrogens is 296 g/mol. The summed E-state index contributed by atoms with van der Waals surface area (Å²) in [5.41, 5.74) is 2.63. The molecule has 2 N–H and O–H groups in total. The van der Waals surface area contributed by atoms with Crippen molar-refractivity contribution in [2.45, 2.75) is 37.4 Å². The second kappa shape index (κ2) is 6.20. The highest BCUT2D eigenvalue weighted by Crippen LogP contribution is 2.36. The van der Waals surface area contributed by atoms with Gasteiger partial charge in [0.15, 0.2) is 12.0 Å². The van der Waals surface area contributed by atoms with Crippen molar-refractivity contribution in [3.63, 3.8) is 0 Å². The Balaban J connectivity index is 1.37. The number of hydrogen-bond donors (Lipinski definition) is 2. The van der Waals surface area contributed by atoms with E-state index in [1.807, 2.05) is 6.07 Å². The quantitative estimate of drug-likeness (QED) is 0.823. The third kappa shape index (κ3) is 3.12. The zero-order chi connectivity index (χ0) is 15.7. The standard InChI is InChI=1S/C17H22N2O4/c20-16(14-10-18-7-8-21-14)19-15-11-22-17(23-15)6-5-12-3-1-2-4-13(12)9-17/h1-4,14-15,18H,5-11H2,(H,19,20). The summed E-state index contributed by atoms with van der Waals surface area (Å²) >= 11 is 0. The van der Waals surface area contributed by atoms with E-state index >= 15 is 0 Å². The van der Waals surface area contributed by atoms with Gasteiger partial charge in [0.2, 0.25) is 0 Å². The summed E-state index contributed by atoms with van der Waals surface area (Å²) in [7, 11) is 0. The Morgan fingerprint density at radius 1 is 1.30 bits per heavy atom. The van der Waals surface area contributed by atoms with Gasteiger partial charge in [-0.25, -0.2) is 0 Å². The van der Waals surface area contributed by atoms with Crippen molar-refractivity contribution in [2.75, 3.05) is 26.3 Å². The molecule has 1 aromatic rings. The lowest BCUT2D eigenvalue weighted by atomic mass is 9.87. The third-order valence-electron chi connectivity index (χ3n) is 4.73. The van der Waals surface area contributed by atoms with Gasteiger partial charge < -0.3 is 24.8 Å².